The molecule has 0 radical (unpaired) electrons. The van der Waals surface area contributed by atoms with Crippen molar-refractivity contribution >= 4 is 10.8 Å². The molecule has 0 amide bonds. The molecule has 3 aromatic rings. The van der Waals surface area contributed by atoms with Crippen molar-refractivity contribution in [3.05, 3.63) is 91.0 Å². The van der Waals surface area contributed by atoms with Crippen molar-refractivity contribution in [2.75, 3.05) is 0 Å². The zero-order valence-corrected chi connectivity index (χ0v) is 15.7. The van der Waals surface area contributed by atoms with Crippen LogP contribution in [0, 0.1) is 6.92 Å². The molecule has 0 saturated heterocycles. The first-order chi connectivity index (χ1) is 10.3. The van der Waals surface area contributed by atoms with Gasteiger partial charge in [-0.05, 0) is 12.5 Å². The molecule has 0 nitrogen and oxygen atoms in total. The summed E-state index contributed by atoms with van der Waals surface area (Å²) in [6.45, 7) is 7.57. The minimum Gasteiger partial charge on any atom is -0.165 e. The Kier molecular flexibility index (Phi) is 7.92. The number of benzene rings is 2. The van der Waals surface area contributed by atoms with Crippen LogP contribution in [0.1, 0.15) is 12.5 Å². The summed E-state index contributed by atoms with van der Waals surface area (Å²) in [7, 11) is 0. The molecule has 3 rings (SSSR count). The molecule has 0 spiro atoms. The van der Waals surface area contributed by atoms with Crippen LogP contribution in [0.15, 0.2) is 85.5 Å². The predicted molar refractivity (Wildman–Crippen MR) is 94.7 cm³/mol. The molecule has 0 unspecified atom stereocenters. The Bertz CT molecular complexity index is 733. The molecule has 0 fully saturated rings. The van der Waals surface area contributed by atoms with E-state index in [0.29, 0.717) is 0 Å². The summed E-state index contributed by atoms with van der Waals surface area (Å²) in [5, 5.41) is 2.69. The summed E-state index contributed by atoms with van der Waals surface area (Å²) in [6, 6.07) is 21.6. The van der Waals surface area contributed by atoms with Crippen LogP contribution in [0.25, 0.3) is 21.9 Å². The number of hydrogen-bond donors (Lipinski definition) is 0. The Hall–Kier alpha value is -1.59. The average molecular weight is 365 g/mol. The van der Waals surface area contributed by atoms with Gasteiger partial charge in [-0.25, -0.2) is 0 Å². The van der Waals surface area contributed by atoms with Crippen molar-refractivity contribution in [3.63, 3.8) is 0 Å². The molecular formula is C21H21Zr+. The second kappa shape index (κ2) is 9.43. The quantitative estimate of drug-likeness (QED) is 0.371. The zero-order valence-electron chi connectivity index (χ0n) is 13.2. The number of rotatable bonds is 2. The smallest absolute Gasteiger partial charge is 0.165 e. The summed E-state index contributed by atoms with van der Waals surface area (Å²) >= 11 is 0. The summed E-state index contributed by atoms with van der Waals surface area (Å²) in [6.07, 6.45) is 5.58. The molecule has 0 bridgehead atoms. The van der Waals surface area contributed by atoms with E-state index in [1.807, 2.05) is 19.1 Å². The minimum atomic E-state index is 0. The van der Waals surface area contributed by atoms with Gasteiger partial charge in [-0.1, -0.05) is 73.7 Å². The number of hydrogen-bond acceptors (Lipinski definition) is 0. The molecule has 108 valence electrons. The van der Waals surface area contributed by atoms with E-state index in [1.54, 1.807) is 6.08 Å². The van der Waals surface area contributed by atoms with E-state index in [1.165, 1.54) is 27.5 Å². The Morgan fingerprint density at radius 2 is 1.73 bits per heavy atom. The van der Waals surface area contributed by atoms with E-state index in [0.717, 1.165) is 0 Å². The molecule has 0 N–H and O–H groups in total. The van der Waals surface area contributed by atoms with Crippen LogP contribution in [0.2, 0.25) is 0 Å². The first-order valence-electron chi connectivity index (χ1n) is 7.21. The fourth-order valence-corrected chi connectivity index (χ4v) is 2.39. The molecule has 0 aromatic heterocycles. The van der Waals surface area contributed by atoms with E-state index in [4.69, 9.17) is 0 Å². The van der Waals surface area contributed by atoms with E-state index in [9.17, 15) is 0 Å². The molecular weight excluding hydrogens is 343 g/mol. The fraction of sp³-hybridized carbons (Fsp3) is 0.0952. The van der Waals surface area contributed by atoms with Crippen molar-refractivity contribution in [1.82, 2.24) is 0 Å². The number of allylic oxidation sites excluding steroid dienone is 3. The second-order valence-electron chi connectivity index (χ2n) is 4.97. The Balaban J connectivity index is 0.000000356. The first kappa shape index (κ1) is 18.5. The van der Waals surface area contributed by atoms with Gasteiger partial charge in [0.25, 0.3) is 0 Å². The van der Waals surface area contributed by atoms with Crippen LogP contribution in [-0.4, -0.2) is 0 Å². The van der Waals surface area contributed by atoms with Crippen molar-refractivity contribution < 1.29 is 26.2 Å². The van der Waals surface area contributed by atoms with E-state index >= 15 is 0 Å². The van der Waals surface area contributed by atoms with Gasteiger partial charge in [-0.15, -0.1) is 34.5 Å². The third kappa shape index (κ3) is 4.71. The Labute approximate surface area is 152 Å². The summed E-state index contributed by atoms with van der Waals surface area (Å²) in [5.41, 5.74) is 3.95. The maximum Gasteiger partial charge on any atom is 2.00 e. The predicted octanol–water partition coefficient (Wildman–Crippen LogP) is 6.28. The molecule has 3 aromatic carbocycles. The van der Waals surface area contributed by atoms with Gasteiger partial charge in [0.1, 0.15) is 0 Å². The molecule has 1 heteroatoms. The maximum absolute atomic E-state index is 3.46. The van der Waals surface area contributed by atoms with Crippen LogP contribution in [0.3, 0.4) is 0 Å². The summed E-state index contributed by atoms with van der Waals surface area (Å²) in [4.78, 5) is 0. The van der Waals surface area contributed by atoms with Crippen LogP contribution in [0.5, 0.6) is 0 Å². The maximum atomic E-state index is 3.46. The molecule has 0 aliphatic heterocycles. The van der Waals surface area contributed by atoms with Crippen molar-refractivity contribution in [3.8, 4) is 11.1 Å². The van der Waals surface area contributed by atoms with Crippen molar-refractivity contribution in [1.29, 1.82) is 0 Å². The van der Waals surface area contributed by atoms with Gasteiger partial charge in [0.2, 0.25) is 0 Å². The van der Waals surface area contributed by atoms with Crippen molar-refractivity contribution in [2.24, 2.45) is 0 Å². The Morgan fingerprint density at radius 1 is 1.00 bits per heavy atom. The molecule has 0 aliphatic rings. The molecule has 0 atom stereocenters. The largest absolute Gasteiger partial charge is 2.00 e. The SMILES string of the molecule is C=CC=CC.Cc1cc2c(-c3ccccc3)cccc2[cH-]1.[Zr+2]. The zero-order chi connectivity index (χ0) is 15.1. The standard InChI is InChI=1S/C16H13.C5H8.Zr/c1-12-10-14-8-5-9-15(16(14)11-12)13-6-3-2-4-7-13;1-3-5-4-2;/h2-11H,1H3;3-5H,1H2,2H3;/q-1;;+2. The monoisotopic (exact) mass is 363 g/mol. The normalized spacial score (nSPS) is 9.91. The van der Waals surface area contributed by atoms with Crippen LogP contribution >= 0.6 is 0 Å². The third-order valence-electron chi connectivity index (χ3n) is 3.31. The van der Waals surface area contributed by atoms with Crippen LogP contribution in [0.4, 0.5) is 0 Å². The first-order valence-corrected chi connectivity index (χ1v) is 7.21. The van der Waals surface area contributed by atoms with Gasteiger partial charge in [-0.3, -0.25) is 0 Å². The van der Waals surface area contributed by atoms with E-state index < -0.39 is 0 Å². The van der Waals surface area contributed by atoms with Gasteiger partial charge in [0, 0.05) is 0 Å². The summed E-state index contributed by atoms with van der Waals surface area (Å²) < 4.78 is 0. The topological polar surface area (TPSA) is 0 Å². The molecule has 22 heavy (non-hydrogen) atoms. The van der Waals surface area contributed by atoms with Gasteiger partial charge in [0.15, 0.2) is 0 Å². The van der Waals surface area contributed by atoms with E-state index in [2.05, 4.69) is 74.2 Å². The third-order valence-corrected chi connectivity index (χ3v) is 3.31. The van der Waals surface area contributed by atoms with Gasteiger partial charge in [0.05, 0.1) is 0 Å². The van der Waals surface area contributed by atoms with Crippen LogP contribution < -0.4 is 0 Å². The number of aryl methyl sites for hydroxylation is 1. The Morgan fingerprint density at radius 3 is 2.32 bits per heavy atom. The van der Waals surface area contributed by atoms with Gasteiger partial charge < -0.3 is 0 Å². The van der Waals surface area contributed by atoms with Crippen molar-refractivity contribution in [2.45, 2.75) is 13.8 Å². The fourth-order valence-electron chi connectivity index (χ4n) is 2.39. The average Bonchev–Trinajstić information content (AvgIpc) is 2.89. The number of fused-ring (bicyclic) bond motifs is 1. The van der Waals surface area contributed by atoms with Gasteiger partial charge in [-0.2, -0.15) is 6.07 Å². The molecule has 0 saturated carbocycles. The van der Waals surface area contributed by atoms with Crippen LogP contribution in [-0.2, 0) is 26.2 Å². The second-order valence-corrected chi connectivity index (χ2v) is 4.97. The minimum absolute atomic E-state index is 0. The molecule has 0 aliphatic carbocycles. The van der Waals surface area contributed by atoms with Gasteiger partial charge >= 0.3 is 26.2 Å². The molecule has 0 heterocycles. The van der Waals surface area contributed by atoms with E-state index in [-0.39, 0.29) is 26.2 Å². The summed E-state index contributed by atoms with van der Waals surface area (Å²) in [5.74, 6) is 0.